The molecule has 3 aromatic rings. The molecule has 0 radical (unpaired) electrons. The zero-order valence-corrected chi connectivity index (χ0v) is 14.9. The van der Waals surface area contributed by atoms with E-state index in [0.717, 1.165) is 63.0 Å². The number of pyridine rings is 1. The molecular weight excluding hydrogens is 324 g/mol. The standard InChI is InChI=1S/C20H24N6/c1-2-6-18-17(5-1)7-8-19(24-18)21-11-4-12-25-13-15-26(16-14-25)20-22-9-3-10-23-20/h1-3,5-10H,4,11-16H2,(H,21,24). The Bertz CT molecular complexity index is 830. The minimum atomic E-state index is 0.844. The molecule has 0 bridgehead atoms. The lowest BCUT2D eigenvalue weighted by atomic mass is 10.2. The maximum Gasteiger partial charge on any atom is 0.225 e. The van der Waals surface area contributed by atoms with Gasteiger partial charge in [-0.05, 0) is 37.2 Å². The van der Waals surface area contributed by atoms with E-state index in [4.69, 9.17) is 0 Å². The van der Waals surface area contributed by atoms with Crippen LogP contribution in [0.2, 0.25) is 0 Å². The first-order chi connectivity index (χ1) is 12.9. The molecule has 0 amide bonds. The van der Waals surface area contributed by atoms with Crippen molar-refractivity contribution in [1.82, 2.24) is 19.9 Å². The minimum absolute atomic E-state index is 0.844. The van der Waals surface area contributed by atoms with Crippen LogP contribution in [0, 0.1) is 0 Å². The van der Waals surface area contributed by atoms with E-state index in [1.807, 2.05) is 18.2 Å². The third-order valence-electron chi connectivity index (χ3n) is 4.76. The van der Waals surface area contributed by atoms with Gasteiger partial charge in [0.2, 0.25) is 5.95 Å². The van der Waals surface area contributed by atoms with Gasteiger partial charge >= 0.3 is 0 Å². The summed E-state index contributed by atoms with van der Waals surface area (Å²) in [6, 6.07) is 14.2. The monoisotopic (exact) mass is 348 g/mol. The number of nitrogens with zero attached hydrogens (tertiary/aromatic N) is 5. The van der Waals surface area contributed by atoms with Crippen molar-refractivity contribution in [2.75, 3.05) is 49.5 Å². The second-order valence-electron chi connectivity index (χ2n) is 6.55. The number of hydrogen-bond acceptors (Lipinski definition) is 6. The number of nitrogens with one attached hydrogen (secondary N) is 1. The molecule has 26 heavy (non-hydrogen) atoms. The first-order valence-electron chi connectivity index (χ1n) is 9.22. The highest BCUT2D eigenvalue weighted by Gasteiger charge is 2.18. The zero-order valence-electron chi connectivity index (χ0n) is 14.9. The van der Waals surface area contributed by atoms with Crippen LogP contribution in [-0.4, -0.2) is 59.1 Å². The summed E-state index contributed by atoms with van der Waals surface area (Å²) in [5, 5.41) is 4.62. The van der Waals surface area contributed by atoms with Crippen LogP contribution in [0.5, 0.6) is 0 Å². The fourth-order valence-electron chi connectivity index (χ4n) is 3.31. The van der Waals surface area contributed by atoms with Gasteiger partial charge in [0.15, 0.2) is 0 Å². The van der Waals surface area contributed by atoms with E-state index in [9.17, 15) is 0 Å². The zero-order chi connectivity index (χ0) is 17.6. The average molecular weight is 348 g/mol. The number of aromatic nitrogens is 3. The van der Waals surface area contributed by atoms with Gasteiger partial charge in [0, 0.05) is 50.5 Å². The molecule has 2 aromatic heterocycles. The number of anilines is 2. The predicted molar refractivity (Wildman–Crippen MR) is 106 cm³/mol. The van der Waals surface area contributed by atoms with Crippen molar-refractivity contribution in [3.63, 3.8) is 0 Å². The molecule has 0 atom stereocenters. The molecule has 1 aromatic carbocycles. The fraction of sp³-hybridized carbons (Fsp3) is 0.350. The Kier molecular flexibility index (Phi) is 5.21. The van der Waals surface area contributed by atoms with Gasteiger partial charge in [-0.15, -0.1) is 0 Å². The highest BCUT2D eigenvalue weighted by molar-refractivity contribution is 5.79. The van der Waals surface area contributed by atoms with E-state index in [1.54, 1.807) is 12.4 Å². The first-order valence-corrected chi connectivity index (χ1v) is 9.22. The largest absolute Gasteiger partial charge is 0.370 e. The molecule has 1 fully saturated rings. The topological polar surface area (TPSA) is 57.2 Å². The van der Waals surface area contributed by atoms with Crippen molar-refractivity contribution in [3.8, 4) is 0 Å². The third kappa shape index (κ3) is 4.08. The van der Waals surface area contributed by atoms with E-state index in [0.29, 0.717) is 0 Å². The Morgan fingerprint density at radius 1 is 0.885 bits per heavy atom. The summed E-state index contributed by atoms with van der Waals surface area (Å²) in [5.41, 5.74) is 1.04. The normalized spacial score (nSPS) is 15.3. The molecule has 6 nitrogen and oxygen atoms in total. The summed E-state index contributed by atoms with van der Waals surface area (Å²) in [4.78, 5) is 18.1. The van der Waals surface area contributed by atoms with Crippen LogP contribution in [0.3, 0.4) is 0 Å². The van der Waals surface area contributed by atoms with E-state index >= 15 is 0 Å². The predicted octanol–water partition coefficient (Wildman–Crippen LogP) is 2.65. The lowest BCUT2D eigenvalue weighted by Gasteiger charge is -2.34. The van der Waals surface area contributed by atoms with E-state index in [2.05, 4.69) is 54.3 Å². The van der Waals surface area contributed by atoms with Gasteiger partial charge in [-0.25, -0.2) is 15.0 Å². The quantitative estimate of drug-likeness (QED) is 0.691. The molecule has 0 saturated carbocycles. The summed E-state index contributed by atoms with van der Waals surface area (Å²) < 4.78 is 0. The maximum atomic E-state index is 4.66. The summed E-state index contributed by atoms with van der Waals surface area (Å²) in [5.74, 6) is 1.80. The van der Waals surface area contributed by atoms with E-state index in [-0.39, 0.29) is 0 Å². The van der Waals surface area contributed by atoms with Crippen molar-refractivity contribution in [2.24, 2.45) is 0 Å². The Morgan fingerprint density at radius 3 is 2.54 bits per heavy atom. The Balaban J connectivity index is 1.19. The summed E-state index contributed by atoms with van der Waals surface area (Å²) in [6.07, 6.45) is 4.72. The van der Waals surface area contributed by atoms with E-state index in [1.165, 1.54) is 5.39 Å². The van der Waals surface area contributed by atoms with Crippen LogP contribution in [0.4, 0.5) is 11.8 Å². The highest BCUT2D eigenvalue weighted by atomic mass is 15.3. The van der Waals surface area contributed by atoms with Gasteiger partial charge in [-0.1, -0.05) is 18.2 Å². The Hall–Kier alpha value is -2.73. The molecule has 1 N–H and O–H groups in total. The fourth-order valence-corrected chi connectivity index (χ4v) is 3.31. The Morgan fingerprint density at radius 2 is 1.69 bits per heavy atom. The average Bonchev–Trinajstić information content (AvgIpc) is 2.72. The molecule has 1 saturated heterocycles. The van der Waals surface area contributed by atoms with Crippen molar-refractivity contribution >= 4 is 22.7 Å². The molecule has 0 aliphatic carbocycles. The number of hydrogen-bond donors (Lipinski definition) is 1. The molecule has 3 heterocycles. The molecule has 4 rings (SSSR count). The van der Waals surface area contributed by atoms with Crippen LogP contribution in [0.1, 0.15) is 6.42 Å². The molecule has 0 unspecified atom stereocenters. The molecule has 6 heteroatoms. The first kappa shape index (κ1) is 16.7. The molecule has 1 aliphatic rings. The lowest BCUT2D eigenvalue weighted by molar-refractivity contribution is 0.256. The number of fused-ring (bicyclic) bond motifs is 1. The summed E-state index contributed by atoms with van der Waals surface area (Å²) >= 11 is 0. The SMILES string of the molecule is c1cnc(N2CCN(CCCNc3ccc4ccccc4n3)CC2)nc1. The van der Waals surface area contributed by atoms with Crippen LogP contribution in [0.15, 0.2) is 54.9 Å². The van der Waals surface area contributed by atoms with Crippen molar-refractivity contribution in [3.05, 3.63) is 54.9 Å². The molecule has 1 aliphatic heterocycles. The van der Waals surface area contributed by atoms with Crippen molar-refractivity contribution in [2.45, 2.75) is 6.42 Å². The minimum Gasteiger partial charge on any atom is -0.370 e. The second-order valence-corrected chi connectivity index (χ2v) is 6.55. The van der Waals surface area contributed by atoms with Gasteiger partial charge in [-0.3, -0.25) is 4.90 Å². The third-order valence-corrected chi connectivity index (χ3v) is 4.76. The smallest absolute Gasteiger partial charge is 0.225 e. The van der Waals surface area contributed by atoms with Crippen LogP contribution < -0.4 is 10.2 Å². The van der Waals surface area contributed by atoms with Gasteiger partial charge in [0.05, 0.1) is 5.52 Å². The van der Waals surface area contributed by atoms with Gasteiger partial charge in [0.25, 0.3) is 0 Å². The van der Waals surface area contributed by atoms with Crippen LogP contribution in [0.25, 0.3) is 10.9 Å². The summed E-state index contributed by atoms with van der Waals surface area (Å²) in [6.45, 7) is 6.14. The van der Waals surface area contributed by atoms with E-state index < -0.39 is 0 Å². The highest BCUT2D eigenvalue weighted by Crippen LogP contribution is 2.14. The van der Waals surface area contributed by atoms with Crippen LogP contribution >= 0.6 is 0 Å². The van der Waals surface area contributed by atoms with Gasteiger partial charge in [0.1, 0.15) is 5.82 Å². The molecular formula is C20H24N6. The number of rotatable bonds is 6. The second kappa shape index (κ2) is 8.10. The van der Waals surface area contributed by atoms with Gasteiger partial charge < -0.3 is 10.2 Å². The van der Waals surface area contributed by atoms with Gasteiger partial charge in [-0.2, -0.15) is 0 Å². The number of benzene rings is 1. The van der Waals surface area contributed by atoms with Crippen molar-refractivity contribution < 1.29 is 0 Å². The molecule has 134 valence electrons. The number of para-hydroxylation sites is 1. The number of piperazine rings is 1. The summed E-state index contributed by atoms with van der Waals surface area (Å²) in [7, 11) is 0. The lowest BCUT2D eigenvalue weighted by Crippen LogP contribution is -2.47. The van der Waals surface area contributed by atoms with Crippen molar-refractivity contribution in [1.29, 1.82) is 0 Å². The van der Waals surface area contributed by atoms with Crippen LogP contribution in [-0.2, 0) is 0 Å². The maximum absolute atomic E-state index is 4.66. The molecule has 0 spiro atoms. The Labute approximate surface area is 153 Å².